The maximum atomic E-state index is 12.6. The summed E-state index contributed by atoms with van der Waals surface area (Å²) in [6, 6.07) is 5.93. The number of hydrogen-bond acceptors (Lipinski definition) is 6. The number of ether oxygens (including phenoxy) is 2. The molecule has 1 aromatic carbocycles. The van der Waals surface area contributed by atoms with Crippen molar-refractivity contribution in [2.75, 3.05) is 84.6 Å². The largest absolute Gasteiger partial charge is 0.497 e. The van der Waals surface area contributed by atoms with Crippen LogP contribution in [0.5, 0.6) is 11.5 Å². The van der Waals surface area contributed by atoms with E-state index in [0.29, 0.717) is 6.54 Å². The minimum atomic E-state index is 0.265. The summed E-state index contributed by atoms with van der Waals surface area (Å²) in [5, 5.41) is 0. The van der Waals surface area contributed by atoms with E-state index in [4.69, 9.17) is 9.47 Å². The highest BCUT2D eigenvalue weighted by atomic mass is 16.5. The van der Waals surface area contributed by atoms with Gasteiger partial charge in [0.1, 0.15) is 11.5 Å². The van der Waals surface area contributed by atoms with Crippen molar-refractivity contribution < 1.29 is 14.3 Å². The van der Waals surface area contributed by atoms with Crippen molar-refractivity contribution in [1.82, 2.24) is 14.7 Å². The molecule has 3 rings (SSSR count). The van der Waals surface area contributed by atoms with Gasteiger partial charge in [0, 0.05) is 58.4 Å². The van der Waals surface area contributed by atoms with Gasteiger partial charge in [-0.15, -0.1) is 0 Å². The number of carbonyl (C=O) groups is 1. The maximum absolute atomic E-state index is 12.6. The minimum absolute atomic E-state index is 0.265. The van der Waals surface area contributed by atoms with Crippen LogP contribution in [0.25, 0.3) is 0 Å². The van der Waals surface area contributed by atoms with Gasteiger partial charge in [-0.25, -0.2) is 0 Å². The third-order valence-corrected chi connectivity index (χ3v) is 5.63. The number of benzene rings is 1. The molecule has 2 saturated heterocycles. The Hall–Kier alpha value is -1.99. The van der Waals surface area contributed by atoms with Gasteiger partial charge in [0.2, 0.25) is 5.91 Å². The van der Waals surface area contributed by atoms with Crippen LogP contribution in [0.1, 0.15) is 20.8 Å². The van der Waals surface area contributed by atoms with Crippen LogP contribution in [0.4, 0.5) is 5.69 Å². The molecule has 2 heterocycles. The van der Waals surface area contributed by atoms with Crippen molar-refractivity contribution in [3.05, 3.63) is 18.2 Å². The molecule has 0 aromatic heterocycles. The first-order valence-electron chi connectivity index (χ1n) is 10.8. The van der Waals surface area contributed by atoms with Crippen LogP contribution in [0, 0.1) is 0 Å². The number of carbonyl (C=O) groups excluding carboxylic acids is 1. The zero-order chi connectivity index (χ0) is 21.2. The Labute approximate surface area is 176 Å². The lowest BCUT2D eigenvalue weighted by Crippen LogP contribution is -2.53. The lowest BCUT2D eigenvalue weighted by molar-refractivity contribution is -0.134. The second-order valence-corrected chi connectivity index (χ2v) is 7.12. The second kappa shape index (κ2) is 11.9. The number of hydrogen-bond donors (Lipinski definition) is 0. The summed E-state index contributed by atoms with van der Waals surface area (Å²) in [5.74, 6) is 1.89. The molecule has 0 bridgehead atoms. The molecule has 0 saturated carbocycles. The average molecular weight is 407 g/mol. The summed E-state index contributed by atoms with van der Waals surface area (Å²) in [4.78, 5) is 21.6. The molecule has 7 heteroatoms. The standard InChI is InChI=1S/C20H32N4O3.C2H6/c1-4-21-7-13-24(14-8-21)20(25)16-22-9-11-23(12-10-22)18-6-5-17(26-2)15-19(18)27-3;1-2/h5-6,15H,4,7-14,16H2,1-3H3;1-2H3. The molecular weight excluding hydrogens is 368 g/mol. The highest BCUT2D eigenvalue weighted by Gasteiger charge is 2.25. The topological polar surface area (TPSA) is 48.5 Å². The molecule has 2 fully saturated rings. The minimum Gasteiger partial charge on any atom is -0.497 e. The normalized spacial score (nSPS) is 18.1. The van der Waals surface area contributed by atoms with Gasteiger partial charge in [-0.1, -0.05) is 20.8 Å². The van der Waals surface area contributed by atoms with E-state index in [0.717, 1.165) is 76.1 Å². The Morgan fingerprint density at radius 3 is 2.07 bits per heavy atom. The molecular formula is C22H38N4O3. The van der Waals surface area contributed by atoms with E-state index in [9.17, 15) is 4.79 Å². The SMILES string of the molecule is CC.CCN1CCN(C(=O)CN2CCN(c3ccc(OC)cc3OC)CC2)CC1. The van der Waals surface area contributed by atoms with Crippen LogP contribution in [0.15, 0.2) is 18.2 Å². The van der Waals surface area contributed by atoms with Crippen molar-refractivity contribution in [3.63, 3.8) is 0 Å². The van der Waals surface area contributed by atoms with Gasteiger partial charge >= 0.3 is 0 Å². The Bertz CT molecular complexity index is 624. The summed E-state index contributed by atoms with van der Waals surface area (Å²) in [6.45, 7) is 15.0. The number of likely N-dealkylation sites (N-methyl/N-ethyl adjacent to an activating group) is 1. The predicted molar refractivity (Wildman–Crippen MR) is 118 cm³/mol. The third kappa shape index (κ3) is 6.24. The summed E-state index contributed by atoms with van der Waals surface area (Å²) in [7, 11) is 3.35. The smallest absolute Gasteiger partial charge is 0.236 e. The fourth-order valence-electron chi connectivity index (χ4n) is 3.80. The van der Waals surface area contributed by atoms with Crippen LogP contribution in [-0.2, 0) is 4.79 Å². The monoisotopic (exact) mass is 406 g/mol. The molecule has 2 aliphatic heterocycles. The van der Waals surface area contributed by atoms with E-state index in [1.54, 1.807) is 14.2 Å². The Morgan fingerprint density at radius 1 is 0.897 bits per heavy atom. The van der Waals surface area contributed by atoms with Gasteiger partial charge in [0.15, 0.2) is 0 Å². The van der Waals surface area contributed by atoms with E-state index in [2.05, 4.69) is 21.6 Å². The van der Waals surface area contributed by atoms with Crippen molar-refractivity contribution in [2.24, 2.45) is 0 Å². The first kappa shape index (κ1) is 23.3. The number of amides is 1. The summed E-state index contributed by atoms with van der Waals surface area (Å²) in [5.41, 5.74) is 1.08. The van der Waals surface area contributed by atoms with Crippen LogP contribution in [0.2, 0.25) is 0 Å². The third-order valence-electron chi connectivity index (χ3n) is 5.63. The molecule has 29 heavy (non-hydrogen) atoms. The van der Waals surface area contributed by atoms with Gasteiger partial charge in [-0.3, -0.25) is 9.69 Å². The van der Waals surface area contributed by atoms with E-state index < -0.39 is 0 Å². The molecule has 2 aliphatic rings. The first-order chi connectivity index (χ1) is 14.1. The quantitative estimate of drug-likeness (QED) is 0.720. The van der Waals surface area contributed by atoms with Crippen LogP contribution in [0.3, 0.4) is 0 Å². The zero-order valence-corrected chi connectivity index (χ0v) is 18.8. The molecule has 164 valence electrons. The van der Waals surface area contributed by atoms with Gasteiger partial charge in [0.25, 0.3) is 0 Å². The molecule has 0 aliphatic carbocycles. The molecule has 0 atom stereocenters. The Morgan fingerprint density at radius 2 is 1.52 bits per heavy atom. The summed E-state index contributed by atoms with van der Waals surface area (Å²) >= 11 is 0. The molecule has 0 unspecified atom stereocenters. The van der Waals surface area contributed by atoms with Gasteiger partial charge < -0.3 is 24.2 Å². The van der Waals surface area contributed by atoms with E-state index in [1.165, 1.54) is 0 Å². The van der Waals surface area contributed by atoms with E-state index in [1.807, 2.05) is 36.9 Å². The number of piperazine rings is 2. The first-order valence-corrected chi connectivity index (χ1v) is 10.8. The number of nitrogens with zero attached hydrogens (tertiary/aromatic N) is 4. The van der Waals surface area contributed by atoms with Gasteiger partial charge in [-0.2, -0.15) is 0 Å². The van der Waals surface area contributed by atoms with Crippen LogP contribution >= 0.6 is 0 Å². The average Bonchev–Trinajstić information content (AvgIpc) is 2.80. The lowest BCUT2D eigenvalue weighted by atomic mass is 10.2. The maximum Gasteiger partial charge on any atom is 0.236 e. The predicted octanol–water partition coefficient (Wildman–Crippen LogP) is 2.02. The van der Waals surface area contributed by atoms with Crippen LogP contribution < -0.4 is 14.4 Å². The highest BCUT2D eigenvalue weighted by molar-refractivity contribution is 5.78. The molecule has 0 spiro atoms. The highest BCUT2D eigenvalue weighted by Crippen LogP contribution is 2.32. The Kier molecular flexibility index (Phi) is 9.54. The lowest BCUT2D eigenvalue weighted by Gasteiger charge is -2.38. The molecule has 1 aromatic rings. The molecule has 0 N–H and O–H groups in total. The van der Waals surface area contributed by atoms with Gasteiger partial charge in [0.05, 0.1) is 26.5 Å². The summed E-state index contributed by atoms with van der Waals surface area (Å²) < 4.78 is 10.8. The second-order valence-electron chi connectivity index (χ2n) is 7.12. The molecule has 1 amide bonds. The number of methoxy groups -OCH3 is 2. The van der Waals surface area contributed by atoms with E-state index in [-0.39, 0.29) is 5.91 Å². The van der Waals surface area contributed by atoms with Gasteiger partial charge in [-0.05, 0) is 18.7 Å². The molecule has 0 radical (unpaired) electrons. The van der Waals surface area contributed by atoms with Crippen molar-refractivity contribution >= 4 is 11.6 Å². The zero-order valence-electron chi connectivity index (χ0n) is 18.8. The molecule has 7 nitrogen and oxygen atoms in total. The van der Waals surface area contributed by atoms with Crippen molar-refractivity contribution in [1.29, 1.82) is 0 Å². The van der Waals surface area contributed by atoms with Crippen LogP contribution in [-0.4, -0.2) is 100 Å². The summed E-state index contributed by atoms with van der Waals surface area (Å²) in [6.07, 6.45) is 0. The number of rotatable bonds is 6. The number of anilines is 1. The van der Waals surface area contributed by atoms with E-state index >= 15 is 0 Å². The van der Waals surface area contributed by atoms with Crippen molar-refractivity contribution in [2.45, 2.75) is 20.8 Å². The van der Waals surface area contributed by atoms with Crippen molar-refractivity contribution in [3.8, 4) is 11.5 Å². The Balaban J connectivity index is 0.00000145. The fourth-order valence-corrected chi connectivity index (χ4v) is 3.80. The fraction of sp³-hybridized carbons (Fsp3) is 0.682.